The summed E-state index contributed by atoms with van der Waals surface area (Å²) in [6.45, 7) is 0. The van der Waals surface area contributed by atoms with Crippen LogP contribution in [0.1, 0.15) is 12.8 Å². The summed E-state index contributed by atoms with van der Waals surface area (Å²) in [5.74, 6) is 0.213. The summed E-state index contributed by atoms with van der Waals surface area (Å²) in [6, 6.07) is 2.92. The van der Waals surface area contributed by atoms with Crippen molar-refractivity contribution in [1.29, 1.82) is 0 Å². The van der Waals surface area contributed by atoms with E-state index in [2.05, 4.69) is 9.72 Å². The van der Waals surface area contributed by atoms with E-state index in [1.807, 2.05) is 0 Å². The smallest absolute Gasteiger partial charge is 0.308 e. The molecule has 0 atom stereocenters. The second-order valence-electron chi connectivity index (χ2n) is 3.27. The first-order valence-corrected chi connectivity index (χ1v) is 4.77. The minimum atomic E-state index is -0.479. The van der Waals surface area contributed by atoms with Gasteiger partial charge in [-0.15, -0.1) is 0 Å². The molecular formula is C10H12N2O4. The van der Waals surface area contributed by atoms with Crippen LogP contribution in [-0.2, 0) is 9.53 Å². The van der Waals surface area contributed by atoms with Gasteiger partial charge < -0.3 is 4.74 Å². The third kappa shape index (κ3) is 4.04. The van der Waals surface area contributed by atoms with E-state index in [1.165, 1.54) is 31.6 Å². The summed E-state index contributed by atoms with van der Waals surface area (Å²) < 4.78 is 4.44. The van der Waals surface area contributed by atoms with Crippen LogP contribution in [-0.4, -0.2) is 23.0 Å². The van der Waals surface area contributed by atoms with Gasteiger partial charge in [0.25, 0.3) is 5.69 Å². The second-order valence-corrected chi connectivity index (χ2v) is 3.27. The number of hydrogen-bond donors (Lipinski definition) is 0. The number of esters is 1. The van der Waals surface area contributed by atoms with Gasteiger partial charge in [0.1, 0.15) is 6.20 Å². The summed E-state index contributed by atoms with van der Waals surface area (Å²) in [4.78, 5) is 23.4. The van der Waals surface area contributed by atoms with Crippen LogP contribution in [0.15, 0.2) is 24.5 Å². The summed E-state index contributed by atoms with van der Waals surface area (Å²) in [5.41, 5.74) is 0.0255. The molecule has 0 radical (unpaired) electrons. The number of carbonyl (C=O) groups is 1. The van der Waals surface area contributed by atoms with Gasteiger partial charge >= 0.3 is 5.97 Å². The summed E-state index contributed by atoms with van der Waals surface area (Å²) in [5, 5.41) is 9.97. The predicted molar refractivity (Wildman–Crippen MR) is 55.6 cm³/mol. The first-order chi connectivity index (χ1) is 7.65. The second kappa shape index (κ2) is 5.79. The molecule has 1 heterocycles. The van der Waals surface area contributed by atoms with Crippen LogP contribution in [0, 0.1) is 16.0 Å². The molecule has 1 fully saturated rings. The van der Waals surface area contributed by atoms with Crippen LogP contribution in [0.25, 0.3) is 0 Å². The van der Waals surface area contributed by atoms with Gasteiger partial charge in [-0.25, -0.2) is 0 Å². The zero-order valence-electron chi connectivity index (χ0n) is 8.83. The van der Waals surface area contributed by atoms with E-state index in [-0.39, 0.29) is 17.6 Å². The lowest BCUT2D eigenvalue weighted by atomic mass is 10.4. The Morgan fingerprint density at radius 1 is 1.62 bits per heavy atom. The van der Waals surface area contributed by atoms with E-state index in [1.54, 1.807) is 0 Å². The molecule has 0 amide bonds. The Balaban J connectivity index is 0.000000165. The fraction of sp³-hybridized carbons (Fsp3) is 0.400. The van der Waals surface area contributed by atoms with Gasteiger partial charge in [-0.3, -0.25) is 19.9 Å². The van der Waals surface area contributed by atoms with E-state index in [9.17, 15) is 14.9 Å². The molecule has 0 aromatic carbocycles. The summed E-state index contributed by atoms with van der Waals surface area (Å²) in [6.07, 6.45) is 4.77. The zero-order chi connectivity index (χ0) is 12.0. The number of carbonyl (C=O) groups excluding carboxylic acids is 1. The maximum Gasteiger partial charge on any atom is 0.308 e. The average molecular weight is 224 g/mol. The molecule has 0 bridgehead atoms. The van der Waals surface area contributed by atoms with Crippen molar-refractivity contribution >= 4 is 11.7 Å². The molecule has 0 N–H and O–H groups in total. The molecule has 1 aromatic rings. The first kappa shape index (κ1) is 12.1. The number of ether oxygens (including phenoxy) is 1. The molecule has 0 aliphatic heterocycles. The molecule has 86 valence electrons. The fourth-order valence-electron chi connectivity index (χ4n) is 0.947. The zero-order valence-corrected chi connectivity index (χ0v) is 8.83. The van der Waals surface area contributed by atoms with Gasteiger partial charge in [-0.1, -0.05) is 0 Å². The van der Waals surface area contributed by atoms with Gasteiger partial charge in [0.15, 0.2) is 0 Å². The van der Waals surface area contributed by atoms with Crippen LogP contribution in [0.5, 0.6) is 0 Å². The van der Waals surface area contributed by atoms with E-state index < -0.39 is 4.92 Å². The molecule has 0 spiro atoms. The van der Waals surface area contributed by atoms with Crippen molar-refractivity contribution in [2.45, 2.75) is 12.8 Å². The summed E-state index contributed by atoms with van der Waals surface area (Å²) in [7, 11) is 1.43. The Morgan fingerprint density at radius 2 is 2.31 bits per heavy atom. The number of rotatable bonds is 2. The van der Waals surface area contributed by atoms with Crippen molar-refractivity contribution in [2.75, 3.05) is 7.11 Å². The lowest BCUT2D eigenvalue weighted by Gasteiger charge is -1.89. The van der Waals surface area contributed by atoms with Gasteiger partial charge in [0.2, 0.25) is 0 Å². The van der Waals surface area contributed by atoms with Gasteiger partial charge in [0, 0.05) is 12.3 Å². The lowest BCUT2D eigenvalue weighted by molar-refractivity contribution is -0.385. The number of pyridine rings is 1. The number of hydrogen-bond acceptors (Lipinski definition) is 5. The van der Waals surface area contributed by atoms with Crippen molar-refractivity contribution < 1.29 is 14.5 Å². The quantitative estimate of drug-likeness (QED) is 0.432. The van der Waals surface area contributed by atoms with E-state index >= 15 is 0 Å². The maximum absolute atomic E-state index is 10.4. The Hall–Kier alpha value is -1.98. The van der Waals surface area contributed by atoms with E-state index in [4.69, 9.17) is 0 Å². The standard InChI is InChI=1S/C5H4N2O2.C5H8O2/c8-7(9)5-2-1-3-6-4-5;1-7-5(6)4-2-3-4/h1-4H;4H,2-3H2,1H3. The topological polar surface area (TPSA) is 82.3 Å². The van der Waals surface area contributed by atoms with E-state index in [0.29, 0.717) is 0 Å². The van der Waals surface area contributed by atoms with Crippen LogP contribution in [0.2, 0.25) is 0 Å². The highest BCUT2D eigenvalue weighted by molar-refractivity contribution is 5.74. The molecule has 2 rings (SSSR count). The van der Waals surface area contributed by atoms with Crippen molar-refractivity contribution in [3.63, 3.8) is 0 Å². The number of methoxy groups -OCH3 is 1. The Kier molecular flexibility index (Phi) is 4.38. The SMILES string of the molecule is COC(=O)C1CC1.O=[N+]([O-])c1cccnc1. The molecule has 1 saturated carbocycles. The third-order valence-electron chi connectivity index (χ3n) is 1.97. The molecule has 0 saturated heterocycles. The highest BCUT2D eigenvalue weighted by atomic mass is 16.6. The van der Waals surface area contributed by atoms with Crippen molar-refractivity contribution in [3.8, 4) is 0 Å². The Bertz CT molecular complexity index is 362. The number of aromatic nitrogens is 1. The third-order valence-corrected chi connectivity index (χ3v) is 1.97. The minimum Gasteiger partial charge on any atom is -0.469 e. The first-order valence-electron chi connectivity index (χ1n) is 4.77. The highest BCUT2D eigenvalue weighted by Crippen LogP contribution is 2.29. The lowest BCUT2D eigenvalue weighted by Crippen LogP contribution is -2.00. The van der Waals surface area contributed by atoms with Crippen molar-refractivity contribution in [3.05, 3.63) is 34.6 Å². The highest BCUT2D eigenvalue weighted by Gasteiger charge is 2.30. The molecule has 1 aromatic heterocycles. The molecule has 6 heteroatoms. The summed E-state index contributed by atoms with van der Waals surface area (Å²) >= 11 is 0. The van der Waals surface area contributed by atoms with Crippen LogP contribution in [0.4, 0.5) is 5.69 Å². The van der Waals surface area contributed by atoms with Crippen LogP contribution >= 0.6 is 0 Å². The predicted octanol–water partition coefficient (Wildman–Crippen LogP) is 1.56. The molecule has 1 aliphatic carbocycles. The van der Waals surface area contributed by atoms with Crippen molar-refractivity contribution in [2.24, 2.45) is 5.92 Å². The minimum absolute atomic E-state index is 0.0255. The molecular weight excluding hydrogens is 212 g/mol. The molecule has 16 heavy (non-hydrogen) atoms. The fourth-order valence-corrected chi connectivity index (χ4v) is 0.947. The van der Waals surface area contributed by atoms with Crippen molar-refractivity contribution in [1.82, 2.24) is 4.98 Å². The van der Waals surface area contributed by atoms with Gasteiger partial charge in [-0.05, 0) is 18.9 Å². The normalized spacial score (nSPS) is 13.3. The molecule has 6 nitrogen and oxygen atoms in total. The largest absolute Gasteiger partial charge is 0.469 e. The van der Waals surface area contributed by atoms with Crippen LogP contribution in [0.3, 0.4) is 0 Å². The number of nitrogens with zero attached hydrogens (tertiary/aromatic N) is 2. The van der Waals surface area contributed by atoms with Gasteiger partial charge in [0.05, 0.1) is 18.0 Å². The Morgan fingerprint density at radius 3 is 2.56 bits per heavy atom. The Labute approximate surface area is 92.4 Å². The number of nitro groups is 1. The molecule has 0 unspecified atom stereocenters. The van der Waals surface area contributed by atoms with Gasteiger partial charge in [-0.2, -0.15) is 0 Å². The maximum atomic E-state index is 10.4. The average Bonchev–Trinajstić information content (AvgIpc) is 3.14. The monoisotopic (exact) mass is 224 g/mol. The van der Waals surface area contributed by atoms with E-state index in [0.717, 1.165) is 12.8 Å². The van der Waals surface area contributed by atoms with Crippen LogP contribution < -0.4 is 0 Å². The molecule has 1 aliphatic rings.